The van der Waals surface area contributed by atoms with Gasteiger partial charge in [-0.1, -0.05) is 12.6 Å². The molecule has 1 aliphatic carbocycles. The molecule has 0 bridgehead atoms. The molecule has 2 heteroatoms. The molecule has 0 N–H and O–H groups in total. The first-order valence-electron chi connectivity index (χ1n) is 3.88. The summed E-state index contributed by atoms with van der Waals surface area (Å²) in [5.74, 6) is 2.12. The van der Waals surface area contributed by atoms with E-state index >= 15 is 0 Å². The maximum atomic E-state index is 10.9. The molecule has 0 aromatic heterocycles. The molecule has 2 fully saturated rings. The van der Waals surface area contributed by atoms with E-state index in [-0.39, 0.29) is 0 Å². The molecular formula is C7H11BO. The van der Waals surface area contributed by atoms with Gasteiger partial charge in [-0.3, -0.25) is 4.79 Å². The molecule has 1 saturated carbocycles. The van der Waals surface area contributed by atoms with Crippen LogP contribution in [0.4, 0.5) is 0 Å². The molecule has 1 saturated heterocycles. The molecule has 2 atom stereocenters. The third-order valence-electron chi connectivity index (χ3n) is 2.80. The third-order valence-corrected chi connectivity index (χ3v) is 2.80. The molecular weight excluding hydrogens is 111 g/mol. The molecule has 1 aliphatic heterocycles. The van der Waals surface area contributed by atoms with Crippen LogP contribution in [-0.2, 0) is 4.79 Å². The molecule has 0 aromatic carbocycles. The van der Waals surface area contributed by atoms with Crippen LogP contribution in [0.3, 0.4) is 0 Å². The van der Waals surface area contributed by atoms with Gasteiger partial charge < -0.3 is 0 Å². The molecule has 2 aliphatic rings. The first-order valence-corrected chi connectivity index (χ1v) is 3.88. The van der Waals surface area contributed by atoms with Crippen LogP contribution in [0, 0.1) is 11.8 Å². The highest BCUT2D eigenvalue weighted by atomic mass is 16.1. The van der Waals surface area contributed by atoms with Crippen LogP contribution < -0.4 is 0 Å². The summed E-state index contributed by atoms with van der Waals surface area (Å²) in [4.78, 5) is 10.9. The fraction of sp³-hybridized carbons (Fsp3) is 0.857. The average molecular weight is 122 g/mol. The molecule has 2 rings (SSSR count). The van der Waals surface area contributed by atoms with Crippen molar-refractivity contribution in [1.29, 1.82) is 0 Å². The van der Waals surface area contributed by atoms with E-state index in [1.165, 1.54) is 19.9 Å². The minimum atomic E-state index is 0.518. The van der Waals surface area contributed by atoms with Crippen molar-refractivity contribution in [3.63, 3.8) is 0 Å². The maximum Gasteiger partial charge on any atom is 0.133 e. The SMILES string of the molecule is O=C1CC2CBCC2C1. The van der Waals surface area contributed by atoms with Gasteiger partial charge in [-0.2, -0.15) is 0 Å². The summed E-state index contributed by atoms with van der Waals surface area (Å²) in [5.41, 5.74) is 0. The van der Waals surface area contributed by atoms with Crippen LogP contribution >= 0.6 is 0 Å². The van der Waals surface area contributed by atoms with Crippen molar-refractivity contribution in [2.75, 3.05) is 0 Å². The Hall–Kier alpha value is -0.265. The molecule has 0 radical (unpaired) electrons. The Morgan fingerprint density at radius 3 is 2.33 bits per heavy atom. The Morgan fingerprint density at radius 2 is 1.78 bits per heavy atom. The van der Waals surface area contributed by atoms with Gasteiger partial charge in [0.1, 0.15) is 13.1 Å². The number of rotatable bonds is 0. The lowest BCUT2D eigenvalue weighted by atomic mass is 9.74. The lowest BCUT2D eigenvalue weighted by Crippen LogP contribution is -1.94. The maximum absolute atomic E-state index is 10.9. The van der Waals surface area contributed by atoms with E-state index in [2.05, 4.69) is 0 Å². The number of Topliss-reactive ketones (excluding diaryl/α,β-unsaturated/α-hetero) is 1. The van der Waals surface area contributed by atoms with Gasteiger partial charge in [-0.05, 0) is 11.8 Å². The molecule has 48 valence electrons. The summed E-state index contributed by atoms with van der Waals surface area (Å²) in [6.07, 6.45) is 4.47. The van der Waals surface area contributed by atoms with Crippen molar-refractivity contribution < 1.29 is 4.79 Å². The highest BCUT2D eigenvalue weighted by Gasteiger charge is 2.36. The second-order valence-corrected chi connectivity index (χ2v) is 3.40. The second-order valence-electron chi connectivity index (χ2n) is 3.40. The van der Waals surface area contributed by atoms with Gasteiger partial charge in [0.15, 0.2) is 0 Å². The summed E-state index contributed by atoms with van der Waals surface area (Å²) in [7, 11) is 1.38. The van der Waals surface area contributed by atoms with Gasteiger partial charge in [0.25, 0.3) is 0 Å². The van der Waals surface area contributed by atoms with Crippen molar-refractivity contribution in [3.8, 4) is 0 Å². The number of ketones is 1. The molecule has 2 unspecified atom stereocenters. The second kappa shape index (κ2) is 1.86. The van der Waals surface area contributed by atoms with E-state index in [0.717, 1.165) is 24.7 Å². The minimum Gasteiger partial charge on any atom is -0.300 e. The summed E-state index contributed by atoms with van der Waals surface area (Å²) in [6.45, 7) is 0. The van der Waals surface area contributed by atoms with Crippen LogP contribution in [0.15, 0.2) is 0 Å². The van der Waals surface area contributed by atoms with Gasteiger partial charge in [-0.15, -0.1) is 0 Å². The Morgan fingerprint density at radius 1 is 1.22 bits per heavy atom. The third kappa shape index (κ3) is 0.809. The van der Waals surface area contributed by atoms with Crippen molar-refractivity contribution in [2.45, 2.75) is 25.5 Å². The van der Waals surface area contributed by atoms with E-state index in [0.29, 0.717) is 5.78 Å². The lowest BCUT2D eigenvalue weighted by Gasteiger charge is -2.04. The standard InChI is InChI=1S/C7H11BO/c9-7-1-5-3-8-4-6(5)2-7/h5-6,8H,1-4H2. The Kier molecular flexibility index (Phi) is 1.14. The first kappa shape index (κ1) is 5.51. The fourth-order valence-electron chi connectivity index (χ4n) is 2.32. The van der Waals surface area contributed by atoms with Crippen LogP contribution in [0.5, 0.6) is 0 Å². The molecule has 0 spiro atoms. The van der Waals surface area contributed by atoms with Gasteiger partial charge in [0.05, 0.1) is 0 Å². The van der Waals surface area contributed by atoms with Crippen LogP contribution in [-0.4, -0.2) is 13.1 Å². The van der Waals surface area contributed by atoms with E-state index in [9.17, 15) is 4.79 Å². The summed E-state index contributed by atoms with van der Waals surface area (Å²) in [5, 5.41) is 0. The van der Waals surface area contributed by atoms with Crippen LogP contribution in [0.25, 0.3) is 0 Å². The van der Waals surface area contributed by atoms with E-state index in [4.69, 9.17) is 0 Å². The monoisotopic (exact) mass is 122 g/mol. The Labute approximate surface area is 56.1 Å². The highest BCUT2D eigenvalue weighted by Crippen LogP contribution is 2.39. The predicted molar refractivity (Wildman–Crippen MR) is 38.0 cm³/mol. The fourth-order valence-corrected chi connectivity index (χ4v) is 2.32. The quantitative estimate of drug-likeness (QED) is 0.435. The summed E-state index contributed by atoms with van der Waals surface area (Å²) < 4.78 is 0. The molecule has 1 heterocycles. The molecule has 9 heavy (non-hydrogen) atoms. The van der Waals surface area contributed by atoms with Crippen molar-refractivity contribution in [3.05, 3.63) is 0 Å². The van der Waals surface area contributed by atoms with E-state index < -0.39 is 0 Å². The lowest BCUT2D eigenvalue weighted by molar-refractivity contribution is -0.117. The average Bonchev–Trinajstić information content (AvgIpc) is 2.22. The van der Waals surface area contributed by atoms with Crippen LogP contribution in [0.1, 0.15) is 12.8 Å². The minimum absolute atomic E-state index is 0.518. The summed E-state index contributed by atoms with van der Waals surface area (Å²) in [6, 6.07) is 0. The largest absolute Gasteiger partial charge is 0.300 e. The van der Waals surface area contributed by atoms with Crippen molar-refractivity contribution in [1.82, 2.24) is 0 Å². The highest BCUT2D eigenvalue weighted by molar-refractivity contribution is 6.37. The number of hydrogen-bond acceptors (Lipinski definition) is 1. The molecule has 0 amide bonds. The Bertz CT molecular complexity index is 130. The Balaban J connectivity index is 2.09. The number of fused-ring (bicyclic) bond motifs is 1. The van der Waals surface area contributed by atoms with Gasteiger partial charge in [-0.25, -0.2) is 0 Å². The zero-order valence-corrected chi connectivity index (χ0v) is 5.60. The molecule has 0 aromatic rings. The zero-order valence-electron chi connectivity index (χ0n) is 5.60. The zero-order chi connectivity index (χ0) is 6.27. The van der Waals surface area contributed by atoms with E-state index in [1.54, 1.807) is 0 Å². The number of carbonyl (C=O) groups excluding carboxylic acids is 1. The van der Waals surface area contributed by atoms with Crippen molar-refractivity contribution in [2.24, 2.45) is 11.8 Å². The van der Waals surface area contributed by atoms with Gasteiger partial charge >= 0.3 is 0 Å². The normalized spacial score (nSPS) is 40.7. The predicted octanol–water partition coefficient (Wildman–Crippen LogP) is 0.868. The van der Waals surface area contributed by atoms with Gasteiger partial charge in [0.2, 0.25) is 0 Å². The number of carbonyl (C=O) groups is 1. The topological polar surface area (TPSA) is 17.1 Å². The summed E-state index contributed by atoms with van der Waals surface area (Å²) >= 11 is 0. The van der Waals surface area contributed by atoms with Gasteiger partial charge in [0, 0.05) is 12.8 Å². The first-order chi connectivity index (χ1) is 4.36. The van der Waals surface area contributed by atoms with E-state index in [1.807, 2.05) is 0 Å². The van der Waals surface area contributed by atoms with Crippen LogP contribution in [0.2, 0.25) is 12.6 Å². The van der Waals surface area contributed by atoms with Crippen molar-refractivity contribution >= 4 is 13.1 Å². The smallest absolute Gasteiger partial charge is 0.133 e. The molecule has 1 nitrogen and oxygen atoms in total. The number of hydrogen-bond donors (Lipinski definition) is 0.